The lowest BCUT2D eigenvalue weighted by molar-refractivity contribution is 0.221. The molecule has 0 saturated heterocycles. The van der Waals surface area contributed by atoms with Gasteiger partial charge in [-0.2, -0.15) is 0 Å². The lowest BCUT2D eigenvalue weighted by Crippen LogP contribution is -2.21. The zero-order valence-electron chi connectivity index (χ0n) is 7.33. The number of para-hydroxylation sites is 1. The van der Waals surface area contributed by atoms with Gasteiger partial charge in [0.1, 0.15) is 11.9 Å². The smallest absolute Gasteiger partial charge is 0.119 e. The maximum absolute atomic E-state index is 5.85. The molecule has 0 aliphatic carbocycles. The number of hydrogen-bond acceptors (Lipinski definition) is 1. The Kier molecular flexibility index (Phi) is 3.42. The van der Waals surface area contributed by atoms with Gasteiger partial charge < -0.3 is 4.74 Å². The predicted molar refractivity (Wildman–Crippen MR) is 51.8 cm³/mol. The molecule has 0 saturated carbocycles. The molecule has 0 radical (unpaired) electrons. The Morgan fingerprint density at radius 2 is 1.75 bits per heavy atom. The van der Waals surface area contributed by atoms with Crippen LogP contribution >= 0.6 is 11.6 Å². The fraction of sp³-hybridized carbons (Fsp3) is 0.400. The molecule has 0 aliphatic rings. The van der Waals surface area contributed by atoms with E-state index in [1.165, 1.54) is 0 Å². The van der Waals surface area contributed by atoms with Gasteiger partial charge in [-0.25, -0.2) is 0 Å². The molecule has 0 amide bonds. The van der Waals surface area contributed by atoms with Gasteiger partial charge in [-0.3, -0.25) is 0 Å². The summed E-state index contributed by atoms with van der Waals surface area (Å²) in [4.78, 5) is 0. The van der Waals surface area contributed by atoms with Crippen LogP contribution in [0.4, 0.5) is 0 Å². The Morgan fingerprint density at radius 3 is 2.25 bits per heavy atom. The minimum atomic E-state index is 0.0326. The molecule has 1 aromatic carbocycles. The summed E-state index contributed by atoms with van der Waals surface area (Å²) in [6, 6.07) is 9.70. The van der Waals surface area contributed by atoms with Gasteiger partial charge >= 0.3 is 0 Å². The zero-order valence-corrected chi connectivity index (χ0v) is 8.08. The molecular formula is C10H13ClO. The van der Waals surface area contributed by atoms with Crippen molar-refractivity contribution in [1.29, 1.82) is 0 Å². The van der Waals surface area contributed by atoms with E-state index in [9.17, 15) is 0 Å². The van der Waals surface area contributed by atoms with Crippen LogP contribution in [0.5, 0.6) is 5.75 Å². The van der Waals surface area contributed by atoms with Gasteiger partial charge in [0.2, 0.25) is 0 Å². The van der Waals surface area contributed by atoms with Crippen molar-refractivity contribution in [2.24, 2.45) is 0 Å². The Balaban J connectivity index is 2.53. The topological polar surface area (TPSA) is 9.23 Å². The summed E-state index contributed by atoms with van der Waals surface area (Å²) in [5.41, 5.74) is 0. The number of halogens is 1. The molecule has 0 fully saturated rings. The van der Waals surface area contributed by atoms with Crippen molar-refractivity contribution in [2.45, 2.75) is 25.3 Å². The summed E-state index contributed by atoms with van der Waals surface area (Å²) < 4.78 is 5.54. The highest BCUT2D eigenvalue weighted by Crippen LogP contribution is 2.14. The molecule has 0 N–H and O–H groups in total. The van der Waals surface area contributed by atoms with E-state index in [4.69, 9.17) is 16.3 Å². The molecule has 1 aromatic rings. The fourth-order valence-electron chi connectivity index (χ4n) is 0.807. The third kappa shape index (κ3) is 2.74. The first kappa shape index (κ1) is 9.40. The Hall–Kier alpha value is -0.690. The molecular weight excluding hydrogens is 172 g/mol. The number of hydrogen-bond donors (Lipinski definition) is 0. The van der Waals surface area contributed by atoms with E-state index in [0.29, 0.717) is 0 Å². The highest BCUT2D eigenvalue weighted by Gasteiger charge is 2.09. The number of alkyl halides is 1. The van der Waals surface area contributed by atoms with Gasteiger partial charge in [0.05, 0.1) is 5.38 Å². The minimum absolute atomic E-state index is 0.0326. The Bertz CT molecular complexity index is 221. The summed E-state index contributed by atoms with van der Waals surface area (Å²) in [6.07, 6.45) is 0.0501. The number of ether oxygens (including phenoxy) is 1. The van der Waals surface area contributed by atoms with Crippen molar-refractivity contribution < 1.29 is 4.74 Å². The highest BCUT2D eigenvalue weighted by atomic mass is 35.5. The molecule has 12 heavy (non-hydrogen) atoms. The van der Waals surface area contributed by atoms with Gasteiger partial charge in [0, 0.05) is 0 Å². The molecule has 0 aromatic heterocycles. The molecule has 0 spiro atoms. The second-order valence-corrected chi connectivity index (χ2v) is 3.50. The Morgan fingerprint density at radius 1 is 1.17 bits per heavy atom. The third-order valence-electron chi connectivity index (χ3n) is 1.71. The monoisotopic (exact) mass is 184 g/mol. The van der Waals surface area contributed by atoms with Crippen molar-refractivity contribution in [3.63, 3.8) is 0 Å². The van der Waals surface area contributed by atoms with E-state index in [2.05, 4.69) is 0 Å². The van der Waals surface area contributed by atoms with Crippen molar-refractivity contribution in [1.82, 2.24) is 0 Å². The first-order valence-corrected chi connectivity index (χ1v) is 4.49. The maximum atomic E-state index is 5.85. The second-order valence-electron chi connectivity index (χ2n) is 2.81. The van der Waals surface area contributed by atoms with E-state index in [0.717, 1.165) is 5.75 Å². The van der Waals surface area contributed by atoms with Crippen molar-refractivity contribution in [3.05, 3.63) is 30.3 Å². The maximum Gasteiger partial charge on any atom is 0.119 e. The lowest BCUT2D eigenvalue weighted by atomic mass is 10.3. The van der Waals surface area contributed by atoms with Crippen LogP contribution in [0.25, 0.3) is 0 Å². The SMILES string of the molecule is CC(Cl)C(C)Oc1ccccc1. The van der Waals surface area contributed by atoms with Crippen LogP contribution < -0.4 is 4.74 Å². The van der Waals surface area contributed by atoms with Gasteiger partial charge in [-0.1, -0.05) is 18.2 Å². The summed E-state index contributed by atoms with van der Waals surface area (Å²) in [5, 5.41) is 0.0326. The number of rotatable bonds is 3. The second kappa shape index (κ2) is 4.36. The van der Waals surface area contributed by atoms with Gasteiger partial charge in [0.15, 0.2) is 0 Å². The van der Waals surface area contributed by atoms with Crippen LogP contribution in [0.15, 0.2) is 30.3 Å². The average molecular weight is 185 g/mol. The summed E-state index contributed by atoms with van der Waals surface area (Å²) in [5.74, 6) is 0.873. The van der Waals surface area contributed by atoms with Gasteiger partial charge in [-0.15, -0.1) is 11.6 Å². The van der Waals surface area contributed by atoms with E-state index in [1.54, 1.807) is 0 Å². The van der Waals surface area contributed by atoms with E-state index in [-0.39, 0.29) is 11.5 Å². The molecule has 1 rings (SSSR count). The lowest BCUT2D eigenvalue weighted by Gasteiger charge is -2.16. The van der Waals surface area contributed by atoms with Crippen LogP contribution in [-0.2, 0) is 0 Å². The average Bonchev–Trinajstić information content (AvgIpc) is 2.06. The minimum Gasteiger partial charge on any atom is -0.489 e. The molecule has 2 unspecified atom stereocenters. The number of benzene rings is 1. The van der Waals surface area contributed by atoms with Gasteiger partial charge in [-0.05, 0) is 26.0 Å². The molecule has 0 heterocycles. The van der Waals surface area contributed by atoms with Crippen molar-refractivity contribution in [3.8, 4) is 5.75 Å². The fourth-order valence-corrected chi connectivity index (χ4v) is 0.859. The largest absolute Gasteiger partial charge is 0.489 e. The van der Waals surface area contributed by atoms with Crippen LogP contribution in [0.3, 0.4) is 0 Å². The van der Waals surface area contributed by atoms with E-state index >= 15 is 0 Å². The van der Waals surface area contributed by atoms with Gasteiger partial charge in [0.25, 0.3) is 0 Å². The third-order valence-corrected chi connectivity index (χ3v) is 2.07. The van der Waals surface area contributed by atoms with Crippen molar-refractivity contribution in [2.75, 3.05) is 0 Å². The highest BCUT2D eigenvalue weighted by molar-refractivity contribution is 6.20. The first-order chi connectivity index (χ1) is 5.70. The van der Waals surface area contributed by atoms with Crippen LogP contribution in [-0.4, -0.2) is 11.5 Å². The predicted octanol–water partition coefficient (Wildman–Crippen LogP) is 3.08. The summed E-state index contributed by atoms with van der Waals surface area (Å²) >= 11 is 5.85. The molecule has 0 aliphatic heterocycles. The van der Waals surface area contributed by atoms with Crippen molar-refractivity contribution >= 4 is 11.6 Å². The van der Waals surface area contributed by atoms with Crippen LogP contribution in [0.2, 0.25) is 0 Å². The summed E-state index contributed by atoms with van der Waals surface area (Å²) in [7, 11) is 0. The zero-order chi connectivity index (χ0) is 8.97. The molecule has 0 bridgehead atoms. The van der Waals surface area contributed by atoms with E-state index in [1.807, 2.05) is 44.2 Å². The molecule has 2 atom stereocenters. The van der Waals surface area contributed by atoms with E-state index < -0.39 is 0 Å². The van der Waals surface area contributed by atoms with Crippen LogP contribution in [0, 0.1) is 0 Å². The molecule has 66 valence electrons. The normalized spacial score (nSPS) is 15.2. The molecule has 1 nitrogen and oxygen atoms in total. The molecule has 2 heteroatoms. The quantitative estimate of drug-likeness (QED) is 0.656. The Labute approximate surface area is 78.3 Å². The standard InChI is InChI=1S/C10H13ClO/c1-8(11)9(2)12-10-6-4-3-5-7-10/h3-9H,1-2H3. The summed E-state index contributed by atoms with van der Waals surface area (Å²) in [6.45, 7) is 3.89. The first-order valence-electron chi connectivity index (χ1n) is 4.06. The van der Waals surface area contributed by atoms with Crippen LogP contribution in [0.1, 0.15) is 13.8 Å².